The minimum Gasteiger partial charge on any atom is -0.368 e. The number of hydrogen-bond donors (Lipinski definition) is 1. The maximum Gasteiger partial charge on any atom is 0.273 e. The highest BCUT2D eigenvalue weighted by Crippen LogP contribution is 2.59. The lowest BCUT2D eigenvalue weighted by atomic mass is 9.65. The smallest absolute Gasteiger partial charge is 0.273 e. The van der Waals surface area contributed by atoms with E-state index in [9.17, 15) is 4.39 Å². The molecule has 6 heteroatoms. The monoisotopic (exact) mass is 414 g/mol. The molecular weight excluding hydrogens is 389 g/mol. The van der Waals surface area contributed by atoms with Crippen LogP contribution in [0.5, 0.6) is 0 Å². The highest BCUT2D eigenvalue weighted by Gasteiger charge is 2.64. The predicted molar refractivity (Wildman–Crippen MR) is 110 cm³/mol. The third kappa shape index (κ3) is 2.59. The van der Waals surface area contributed by atoms with Crippen LogP contribution in [-0.4, -0.2) is 36.5 Å². The van der Waals surface area contributed by atoms with E-state index in [1.54, 1.807) is 37.2 Å². The van der Waals surface area contributed by atoms with Gasteiger partial charge in [-0.25, -0.2) is 13.2 Å². The number of nitrogens with zero attached hydrogens (tertiary/aromatic N) is 1. The van der Waals surface area contributed by atoms with Gasteiger partial charge >= 0.3 is 0 Å². The summed E-state index contributed by atoms with van der Waals surface area (Å²) in [6.45, 7) is 0.354. The number of nitrogens with one attached hydrogen (secondary N) is 1. The van der Waals surface area contributed by atoms with Gasteiger partial charge in [-0.15, -0.1) is 0 Å². The molecule has 0 radical (unpaired) electrons. The Morgan fingerprint density at radius 2 is 1.80 bits per heavy atom. The SMILES string of the molecule is CN(C)C1(c2ccccc2)CCC2(CC1(F)F)OCCc1c2[nH]c2ccc(F)cc12. The van der Waals surface area contributed by atoms with Crippen molar-refractivity contribution in [2.24, 2.45) is 0 Å². The fourth-order valence-electron chi connectivity index (χ4n) is 5.66. The summed E-state index contributed by atoms with van der Waals surface area (Å²) in [5.74, 6) is -3.36. The van der Waals surface area contributed by atoms with E-state index in [2.05, 4.69) is 4.98 Å². The van der Waals surface area contributed by atoms with Gasteiger partial charge in [0.05, 0.1) is 12.3 Å². The van der Waals surface area contributed by atoms with Gasteiger partial charge in [0, 0.05) is 17.3 Å². The number of H-pyrrole nitrogens is 1. The van der Waals surface area contributed by atoms with Crippen molar-refractivity contribution in [1.29, 1.82) is 0 Å². The number of benzene rings is 2. The average Bonchev–Trinajstić information content (AvgIpc) is 3.08. The third-order valence-electron chi connectivity index (χ3n) is 7.07. The molecule has 158 valence electrons. The van der Waals surface area contributed by atoms with E-state index in [1.807, 2.05) is 18.2 Å². The number of rotatable bonds is 2. The molecule has 3 aromatic rings. The second kappa shape index (κ2) is 6.59. The summed E-state index contributed by atoms with van der Waals surface area (Å²) in [7, 11) is 3.44. The van der Waals surface area contributed by atoms with Crippen molar-refractivity contribution in [3.63, 3.8) is 0 Å². The average molecular weight is 414 g/mol. The lowest BCUT2D eigenvalue weighted by Gasteiger charge is -2.54. The zero-order valence-electron chi connectivity index (χ0n) is 17.1. The Balaban J connectivity index is 1.63. The molecule has 2 aliphatic rings. The van der Waals surface area contributed by atoms with Crippen LogP contribution in [0.4, 0.5) is 13.2 Å². The number of alkyl halides is 2. The summed E-state index contributed by atoms with van der Waals surface area (Å²) < 4.78 is 52.2. The van der Waals surface area contributed by atoms with Gasteiger partial charge in [-0.1, -0.05) is 30.3 Å². The van der Waals surface area contributed by atoms with Crippen molar-refractivity contribution in [2.75, 3.05) is 20.7 Å². The molecule has 1 aliphatic heterocycles. The molecule has 30 heavy (non-hydrogen) atoms. The quantitative estimate of drug-likeness (QED) is 0.612. The van der Waals surface area contributed by atoms with E-state index in [1.165, 1.54) is 12.1 Å². The van der Waals surface area contributed by atoms with E-state index in [4.69, 9.17) is 4.74 Å². The minimum atomic E-state index is -3.03. The van der Waals surface area contributed by atoms with Crippen molar-refractivity contribution in [3.05, 3.63) is 71.2 Å². The molecular formula is C24H25F3N2O. The van der Waals surface area contributed by atoms with Crippen LogP contribution in [0.15, 0.2) is 48.5 Å². The Kier molecular flexibility index (Phi) is 4.32. The van der Waals surface area contributed by atoms with Gasteiger partial charge in [-0.3, -0.25) is 4.90 Å². The first-order valence-corrected chi connectivity index (χ1v) is 10.3. The van der Waals surface area contributed by atoms with Crippen molar-refractivity contribution < 1.29 is 17.9 Å². The number of hydrogen-bond acceptors (Lipinski definition) is 2. The summed E-state index contributed by atoms with van der Waals surface area (Å²) in [4.78, 5) is 4.95. The van der Waals surface area contributed by atoms with E-state index >= 15 is 8.78 Å². The molecule has 1 saturated carbocycles. The molecule has 1 aliphatic carbocycles. The largest absolute Gasteiger partial charge is 0.368 e. The van der Waals surface area contributed by atoms with Crippen LogP contribution < -0.4 is 0 Å². The molecule has 1 aromatic heterocycles. The summed E-state index contributed by atoms with van der Waals surface area (Å²) >= 11 is 0. The Bertz CT molecular complexity index is 1090. The van der Waals surface area contributed by atoms with Crippen molar-refractivity contribution in [2.45, 2.75) is 42.7 Å². The second-order valence-electron chi connectivity index (χ2n) is 8.76. The van der Waals surface area contributed by atoms with Gasteiger partial charge in [-0.05, 0) is 62.7 Å². The van der Waals surface area contributed by atoms with Crippen LogP contribution in [-0.2, 0) is 22.3 Å². The van der Waals surface area contributed by atoms with Crippen molar-refractivity contribution in [3.8, 4) is 0 Å². The summed E-state index contributed by atoms with van der Waals surface area (Å²) in [6.07, 6.45) is 0.872. The van der Waals surface area contributed by atoms with Crippen molar-refractivity contribution in [1.82, 2.24) is 9.88 Å². The summed E-state index contributed by atoms with van der Waals surface area (Å²) in [5.41, 5.74) is 0.476. The molecule has 5 rings (SSSR count). The molecule has 2 atom stereocenters. The van der Waals surface area contributed by atoms with E-state index in [0.29, 0.717) is 30.7 Å². The summed E-state index contributed by atoms with van der Waals surface area (Å²) in [5, 5.41) is 0.767. The van der Waals surface area contributed by atoms with E-state index in [0.717, 1.165) is 16.5 Å². The molecule has 1 spiro atoms. The van der Waals surface area contributed by atoms with Gasteiger partial charge in [0.1, 0.15) is 17.0 Å². The molecule has 0 bridgehead atoms. The highest BCUT2D eigenvalue weighted by atomic mass is 19.3. The predicted octanol–water partition coefficient (Wildman–Crippen LogP) is 5.35. The van der Waals surface area contributed by atoms with Gasteiger partial charge < -0.3 is 9.72 Å². The Labute approximate surface area is 173 Å². The van der Waals surface area contributed by atoms with Gasteiger partial charge in [0.25, 0.3) is 5.92 Å². The number of ether oxygens (including phenoxy) is 1. The summed E-state index contributed by atoms with van der Waals surface area (Å²) in [6, 6.07) is 13.6. The first kappa shape index (κ1) is 19.6. The van der Waals surface area contributed by atoms with Gasteiger partial charge in [-0.2, -0.15) is 0 Å². The fraction of sp³-hybridized carbons (Fsp3) is 0.417. The normalized spacial score (nSPS) is 28.2. The maximum absolute atomic E-state index is 16.1. The molecule has 0 saturated heterocycles. The second-order valence-corrected chi connectivity index (χ2v) is 8.76. The highest BCUT2D eigenvalue weighted by molar-refractivity contribution is 5.85. The number of aromatic amines is 1. The maximum atomic E-state index is 16.1. The molecule has 3 nitrogen and oxygen atoms in total. The molecule has 0 amide bonds. The third-order valence-corrected chi connectivity index (χ3v) is 7.07. The van der Waals surface area contributed by atoms with Crippen LogP contribution >= 0.6 is 0 Å². The lowest BCUT2D eigenvalue weighted by Crippen LogP contribution is -2.62. The van der Waals surface area contributed by atoms with Crippen molar-refractivity contribution >= 4 is 10.9 Å². The zero-order chi connectivity index (χ0) is 21.1. The molecule has 1 N–H and O–H groups in total. The van der Waals surface area contributed by atoms with Crippen LogP contribution in [0.3, 0.4) is 0 Å². The number of aromatic nitrogens is 1. The first-order valence-electron chi connectivity index (χ1n) is 10.3. The standard InChI is InChI=1S/C24H25F3N2O/c1-29(2)23(16-6-4-3-5-7-16)12-11-22(15-24(23,26)27)21-18(10-13-30-22)19-14-17(25)8-9-20(19)28-21/h3-9,14,28H,10-13,15H2,1-2H3. The molecule has 2 unspecified atom stereocenters. The number of halogens is 3. The van der Waals surface area contributed by atoms with Crippen LogP contribution in [0, 0.1) is 5.82 Å². The fourth-order valence-corrected chi connectivity index (χ4v) is 5.66. The van der Waals surface area contributed by atoms with Gasteiger partial charge in [0.2, 0.25) is 0 Å². The molecule has 1 fully saturated rings. The Morgan fingerprint density at radius 3 is 2.50 bits per heavy atom. The van der Waals surface area contributed by atoms with Crippen LogP contribution in [0.25, 0.3) is 10.9 Å². The Hall–Kier alpha value is -2.31. The number of fused-ring (bicyclic) bond motifs is 4. The van der Waals surface area contributed by atoms with Crippen LogP contribution in [0.2, 0.25) is 0 Å². The topological polar surface area (TPSA) is 28.3 Å². The first-order chi connectivity index (χ1) is 14.3. The van der Waals surface area contributed by atoms with E-state index in [-0.39, 0.29) is 12.2 Å². The van der Waals surface area contributed by atoms with Crippen LogP contribution in [0.1, 0.15) is 36.1 Å². The van der Waals surface area contributed by atoms with Gasteiger partial charge in [0.15, 0.2) is 0 Å². The molecule has 2 aromatic carbocycles. The lowest BCUT2D eigenvalue weighted by molar-refractivity contribution is -0.232. The molecule has 2 heterocycles. The van der Waals surface area contributed by atoms with E-state index < -0.39 is 23.5 Å². The Morgan fingerprint density at radius 1 is 1.03 bits per heavy atom. The minimum absolute atomic E-state index is 0.250. The zero-order valence-corrected chi connectivity index (χ0v) is 17.1.